The normalized spacial score (nSPS) is 11.1. The Kier molecular flexibility index (Phi) is 31.4. The van der Waals surface area contributed by atoms with Crippen LogP contribution in [-0.4, -0.2) is 118 Å². The Morgan fingerprint density at radius 1 is 0.500 bits per heavy atom. The van der Waals surface area contributed by atoms with Crippen molar-refractivity contribution in [3.63, 3.8) is 0 Å². The van der Waals surface area contributed by atoms with Crippen LogP contribution in [0.3, 0.4) is 0 Å². The smallest absolute Gasteiger partial charge is 0.305 e. The Balaban J connectivity index is 1.69. The maximum atomic E-state index is 11.8. The minimum absolute atomic E-state index is 0.108. The quantitative estimate of drug-likeness (QED) is 0.0700. The Hall–Kier alpha value is -2.32. The van der Waals surface area contributed by atoms with Crippen LogP contribution in [0.15, 0.2) is 24.3 Å². The monoisotopic (exact) mass is 685 g/mol. The van der Waals surface area contributed by atoms with Crippen LogP contribution in [0, 0.1) is 0 Å². The fourth-order valence-electron chi connectivity index (χ4n) is 4.34. The first-order valence-electron chi connectivity index (χ1n) is 17.8. The van der Waals surface area contributed by atoms with E-state index in [-0.39, 0.29) is 18.5 Å². The summed E-state index contributed by atoms with van der Waals surface area (Å²) < 4.78 is 49.2. The van der Waals surface area contributed by atoms with E-state index in [0.29, 0.717) is 111 Å². The molecule has 1 rings (SSSR count). The van der Waals surface area contributed by atoms with Gasteiger partial charge in [0.2, 0.25) is 5.91 Å². The summed E-state index contributed by atoms with van der Waals surface area (Å²) in [7, 11) is 0. The Labute approximate surface area is 288 Å². The second-order valence-electron chi connectivity index (χ2n) is 11.1. The van der Waals surface area contributed by atoms with Gasteiger partial charge in [0.05, 0.1) is 92.5 Å². The number of carbonyl (C=O) groups excluding carboxylic acids is 2. The van der Waals surface area contributed by atoms with Crippen LogP contribution in [0.2, 0.25) is 0 Å². The van der Waals surface area contributed by atoms with Crippen molar-refractivity contribution in [3.05, 3.63) is 24.3 Å². The van der Waals surface area contributed by atoms with Crippen LogP contribution in [0.5, 0.6) is 5.75 Å². The summed E-state index contributed by atoms with van der Waals surface area (Å²) >= 11 is 0. The third kappa shape index (κ3) is 31.0. The third-order valence-electron chi connectivity index (χ3n) is 6.88. The fourth-order valence-corrected chi connectivity index (χ4v) is 4.34. The van der Waals surface area contributed by atoms with Crippen molar-refractivity contribution in [2.24, 2.45) is 0 Å². The summed E-state index contributed by atoms with van der Waals surface area (Å²) in [5.41, 5.74) is 0.731. The number of nitrogens with one attached hydrogen (secondary N) is 1. The minimum atomic E-state index is -0.139. The van der Waals surface area contributed by atoms with Crippen molar-refractivity contribution >= 4 is 17.6 Å². The van der Waals surface area contributed by atoms with Gasteiger partial charge in [0, 0.05) is 19.0 Å². The molecule has 278 valence electrons. The molecule has 0 fully saturated rings. The van der Waals surface area contributed by atoms with Gasteiger partial charge in [-0.2, -0.15) is 0 Å². The first-order chi connectivity index (χ1) is 23.6. The number of ether oxygens (including phenoxy) is 9. The molecule has 0 aliphatic heterocycles. The summed E-state index contributed by atoms with van der Waals surface area (Å²) in [6.07, 6.45) is 11.6. The molecule has 0 saturated heterocycles. The number of esters is 1. The molecule has 0 radical (unpaired) electrons. The molecule has 12 heteroatoms. The molecule has 0 aliphatic carbocycles. The minimum Gasteiger partial charge on any atom is -0.491 e. The Morgan fingerprint density at radius 2 is 0.875 bits per heavy atom. The van der Waals surface area contributed by atoms with Gasteiger partial charge < -0.3 is 47.9 Å². The summed E-state index contributed by atoms with van der Waals surface area (Å²) in [5.74, 6) is 0.469. The second-order valence-corrected chi connectivity index (χ2v) is 11.1. The maximum absolute atomic E-state index is 11.8. The standard InChI is InChI=1S/C36H63NO11/c1-3-4-5-6-7-8-9-10-11-12-36(39)48-32-30-46-28-26-44-24-22-42-20-18-40-17-19-41-21-23-43-25-27-45-29-31-47-35-15-13-34(14-16-35)37-33(2)38/h13-16H,3-12,17-32H2,1-2H3,(H,37,38). The van der Waals surface area contributed by atoms with E-state index in [0.717, 1.165) is 18.5 Å². The van der Waals surface area contributed by atoms with Gasteiger partial charge in [-0.25, -0.2) is 0 Å². The summed E-state index contributed by atoms with van der Waals surface area (Å²) in [6.45, 7) is 11.0. The molecule has 0 bridgehead atoms. The van der Waals surface area contributed by atoms with E-state index in [1.54, 1.807) is 24.3 Å². The molecule has 12 nitrogen and oxygen atoms in total. The van der Waals surface area contributed by atoms with Crippen LogP contribution < -0.4 is 10.1 Å². The number of rotatable bonds is 36. The number of unbranched alkanes of at least 4 members (excludes halogenated alkanes) is 8. The molecule has 0 spiro atoms. The first-order valence-corrected chi connectivity index (χ1v) is 17.8. The molecule has 1 amide bonds. The van der Waals surface area contributed by atoms with E-state index in [9.17, 15) is 9.59 Å². The van der Waals surface area contributed by atoms with E-state index in [1.807, 2.05) is 0 Å². The van der Waals surface area contributed by atoms with Gasteiger partial charge in [-0.1, -0.05) is 58.3 Å². The molecule has 1 N–H and O–H groups in total. The molecular weight excluding hydrogens is 622 g/mol. The number of anilines is 1. The molecule has 0 aromatic heterocycles. The average Bonchev–Trinajstić information content (AvgIpc) is 3.08. The molecule has 1 aromatic rings. The van der Waals surface area contributed by atoms with E-state index in [4.69, 9.17) is 42.6 Å². The van der Waals surface area contributed by atoms with Gasteiger partial charge in [0.25, 0.3) is 0 Å². The lowest BCUT2D eigenvalue weighted by Crippen LogP contribution is -2.15. The topological polar surface area (TPSA) is 129 Å². The molecule has 48 heavy (non-hydrogen) atoms. The highest BCUT2D eigenvalue weighted by molar-refractivity contribution is 5.88. The highest BCUT2D eigenvalue weighted by Crippen LogP contribution is 2.15. The molecule has 0 aliphatic rings. The summed E-state index contributed by atoms with van der Waals surface area (Å²) in [4.78, 5) is 22.8. The van der Waals surface area contributed by atoms with E-state index >= 15 is 0 Å². The van der Waals surface area contributed by atoms with Crippen LogP contribution in [-0.2, 0) is 47.5 Å². The van der Waals surface area contributed by atoms with Crippen molar-refractivity contribution in [1.82, 2.24) is 0 Å². The van der Waals surface area contributed by atoms with Crippen molar-refractivity contribution < 1.29 is 52.2 Å². The highest BCUT2D eigenvalue weighted by atomic mass is 16.6. The average molecular weight is 686 g/mol. The SMILES string of the molecule is CCCCCCCCCCCC(=O)OCCOCCOCCOCCOCCOCCOCCOCCOc1ccc(NC(C)=O)cc1. The van der Waals surface area contributed by atoms with Gasteiger partial charge in [0.1, 0.15) is 19.0 Å². The van der Waals surface area contributed by atoms with E-state index in [2.05, 4.69) is 12.2 Å². The number of carbonyl (C=O) groups is 2. The zero-order valence-electron chi connectivity index (χ0n) is 29.7. The van der Waals surface area contributed by atoms with Crippen LogP contribution in [0.4, 0.5) is 5.69 Å². The maximum Gasteiger partial charge on any atom is 0.305 e. The van der Waals surface area contributed by atoms with Gasteiger partial charge in [-0.3, -0.25) is 9.59 Å². The van der Waals surface area contributed by atoms with Crippen molar-refractivity contribution in [1.29, 1.82) is 0 Å². The van der Waals surface area contributed by atoms with E-state index < -0.39 is 0 Å². The third-order valence-corrected chi connectivity index (χ3v) is 6.88. The van der Waals surface area contributed by atoms with Gasteiger partial charge in [-0.05, 0) is 30.7 Å². The molecule has 1 aromatic carbocycles. The molecule has 0 heterocycles. The lowest BCUT2D eigenvalue weighted by molar-refractivity contribution is -0.145. The van der Waals surface area contributed by atoms with Gasteiger partial charge in [-0.15, -0.1) is 0 Å². The highest BCUT2D eigenvalue weighted by Gasteiger charge is 2.03. The van der Waals surface area contributed by atoms with E-state index in [1.165, 1.54) is 51.9 Å². The van der Waals surface area contributed by atoms with Crippen molar-refractivity contribution in [2.75, 3.05) is 111 Å². The summed E-state index contributed by atoms with van der Waals surface area (Å²) in [6, 6.07) is 7.18. The van der Waals surface area contributed by atoms with Crippen LogP contribution >= 0.6 is 0 Å². The molecule has 0 atom stereocenters. The van der Waals surface area contributed by atoms with Crippen molar-refractivity contribution in [2.45, 2.75) is 78.1 Å². The zero-order chi connectivity index (χ0) is 34.6. The molecular formula is C36H63NO11. The fraction of sp³-hybridized carbons (Fsp3) is 0.778. The predicted molar refractivity (Wildman–Crippen MR) is 185 cm³/mol. The lowest BCUT2D eigenvalue weighted by Gasteiger charge is -2.09. The number of benzene rings is 1. The van der Waals surface area contributed by atoms with Gasteiger partial charge in [0.15, 0.2) is 0 Å². The zero-order valence-corrected chi connectivity index (χ0v) is 29.7. The van der Waals surface area contributed by atoms with Gasteiger partial charge >= 0.3 is 5.97 Å². The second kappa shape index (κ2) is 34.5. The molecule has 0 saturated carbocycles. The number of amides is 1. The first kappa shape index (κ1) is 43.7. The Morgan fingerprint density at radius 3 is 1.29 bits per heavy atom. The lowest BCUT2D eigenvalue weighted by atomic mass is 10.1. The molecule has 0 unspecified atom stereocenters. The number of hydrogen-bond acceptors (Lipinski definition) is 11. The van der Waals surface area contributed by atoms with Crippen LogP contribution in [0.25, 0.3) is 0 Å². The Bertz CT molecular complexity index is 857. The van der Waals surface area contributed by atoms with Crippen LogP contribution in [0.1, 0.15) is 78.1 Å². The largest absolute Gasteiger partial charge is 0.491 e. The predicted octanol–water partition coefficient (Wildman–Crippen LogP) is 5.60. The summed E-state index contributed by atoms with van der Waals surface area (Å²) in [5, 5.41) is 2.71. The van der Waals surface area contributed by atoms with Crippen molar-refractivity contribution in [3.8, 4) is 5.75 Å². The number of hydrogen-bond donors (Lipinski definition) is 1.